The van der Waals surface area contributed by atoms with Crippen LogP contribution in [0.25, 0.3) is 11.1 Å². The van der Waals surface area contributed by atoms with E-state index in [9.17, 15) is 4.39 Å². The van der Waals surface area contributed by atoms with E-state index in [4.69, 9.17) is 5.73 Å². The molecule has 0 aliphatic rings. The minimum atomic E-state index is -0.541. The highest BCUT2D eigenvalue weighted by Gasteiger charge is 2.05. The Bertz CT molecular complexity index is 441. The van der Waals surface area contributed by atoms with Crippen molar-refractivity contribution in [3.05, 3.63) is 36.7 Å². The SMILES string of the molecule is Nc1ncc(-c2cccnc2F)cn1. The number of hydrogen-bond donors (Lipinski definition) is 1. The molecule has 0 radical (unpaired) electrons. The second kappa shape index (κ2) is 3.37. The van der Waals surface area contributed by atoms with Gasteiger partial charge in [0.1, 0.15) is 0 Å². The van der Waals surface area contributed by atoms with Crippen LogP contribution in [0.3, 0.4) is 0 Å². The van der Waals surface area contributed by atoms with Gasteiger partial charge in [-0.3, -0.25) is 0 Å². The fourth-order valence-corrected chi connectivity index (χ4v) is 1.08. The number of nitrogen functional groups attached to an aromatic ring is 1. The monoisotopic (exact) mass is 190 g/mol. The summed E-state index contributed by atoms with van der Waals surface area (Å²) >= 11 is 0. The Labute approximate surface area is 79.7 Å². The van der Waals surface area contributed by atoms with Crippen molar-refractivity contribution in [2.24, 2.45) is 0 Å². The van der Waals surface area contributed by atoms with Gasteiger partial charge >= 0.3 is 0 Å². The maximum atomic E-state index is 13.2. The van der Waals surface area contributed by atoms with Gasteiger partial charge in [0.05, 0.1) is 0 Å². The standard InChI is InChI=1S/C9H7FN4/c10-8-7(2-1-3-12-8)6-4-13-9(11)14-5-6/h1-5H,(H2,11,13,14). The zero-order valence-corrected chi connectivity index (χ0v) is 7.18. The van der Waals surface area contributed by atoms with Crippen LogP contribution in [0.4, 0.5) is 10.3 Å². The molecule has 2 N–H and O–H groups in total. The van der Waals surface area contributed by atoms with E-state index in [-0.39, 0.29) is 5.95 Å². The molecule has 0 saturated heterocycles. The van der Waals surface area contributed by atoms with E-state index in [0.717, 1.165) is 0 Å². The molecule has 2 rings (SSSR count). The molecule has 2 aromatic rings. The summed E-state index contributed by atoms with van der Waals surface area (Å²) in [7, 11) is 0. The number of anilines is 1. The first-order chi connectivity index (χ1) is 6.77. The Morgan fingerprint density at radius 1 is 1.14 bits per heavy atom. The maximum Gasteiger partial charge on any atom is 0.220 e. The Morgan fingerprint density at radius 2 is 1.86 bits per heavy atom. The summed E-state index contributed by atoms with van der Waals surface area (Å²) in [6.07, 6.45) is 4.31. The van der Waals surface area contributed by atoms with Crippen molar-refractivity contribution in [1.29, 1.82) is 0 Å². The summed E-state index contributed by atoms with van der Waals surface area (Å²) in [5, 5.41) is 0. The van der Waals surface area contributed by atoms with E-state index in [1.807, 2.05) is 0 Å². The molecule has 0 aliphatic heterocycles. The molecule has 70 valence electrons. The number of pyridine rings is 1. The Balaban J connectivity index is 2.50. The van der Waals surface area contributed by atoms with Gasteiger partial charge in [-0.15, -0.1) is 0 Å². The molecule has 0 spiro atoms. The van der Waals surface area contributed by atoms with Gasteiger partial charge in [0.2, 0.25) is 11.9 Å². The van der Waals surface area contributed by atoms with Crippen LogP contribution < -0.4 is 5.73 Å². The molecule has 0 bridgehead atoms. The average molecular weight is 190 g/mol. The Hall–Kier alpha value is -2.04. The zero-order valence-electron chi connectivity index (χ0n) is 7.18. The van der Waals surface area contributed by atoms with Crippen LogP contribution in [0.5, 0.6) is 0 Å². The topological polar surface area (TPSA) is 64.7 Å². The van der Waals surface area contributed by atoms with Crippen molar-refractivity contribution in [1.82, 2.24) is 15.0 Å². The van der Waals surface area contributed by atoms with Gasteiger partial charge in [-0.1, -0.05) is 0 Å². The third-order valence-corrected chi connectivity index (χ3v) is 1.74. The fourth-order valence-electron chi connectivity index (χ4n) is 1.08. The first-order valence-corrected chi connectivity index (χ1v) is 3.96. The molecule has 4 nitrogen and oxygen atoms in total. The lowest BCUT2D eigenvalue weighted by Crippen LogP contribution is -1.95. The fraction of sp³-hybridized carbons (Fsp3) is 0. The highest BCUT2D eigenvalue weighted by molar-refractivity contribution is 5.61. The summed E-state index contributed by atoms with van der Waals surface area (Å²) in [5.41, 5.74) is 6.24. The van der Waals surface area contributed by atoms with Crippen molar-refractivity contribution in [3.8, 4) is 11.1 Å². The number of nitrogens with two attached hydrogens (primary N) is 1. The predicted molar refractivity (Wildman–Crippen MR) is 49.6 cm³/mol. The third-order valence-electron chi connectivity index (χ3n) is 1.74. The quantitative estimate of drug-likeness (QED) is 0.687. The number of nitrogens with zero attached hydrogens (tertiary/aromatic N) is 3. The zero-order chi connectivity index (χ0) is 9.97. The summed E-state index contributed by atoms with van der Waals surface area (Å²) in [5.74, 6) is -0.376. The molecule has 0 aromatic carbocycles. The second-order valence-corrected chi connectivity index (χ2v) is 2.67. The minimum Gasteiger partial charge on any atom is -0.368 e. The summed E-state index contributed by atoms with van der Waals surface area (Å²) in [6, 6.07) is 3.26. The minimum absolute atomic E-state index is 0.165. The number of hydrogen-bond acceptors (Lipinski definition) is 4. The van der Waals surface area contributed by atoms with Gasteiger partial charge in [-0.2, -0.15) is 4.39 Å². The van der Waals surface area contributed by atoms with Crippen LogP contribution in [0.15, 0.2) is 30.7 Å². The molecule has 0 saturated carbocycles. The van der Waals surface area contributed by atoms with E-state index < -0.39 is 5.95 Å². The van der Waals surface area contributed by atoms with E-state index in [1.165, 1.54) is 18.6 Å². The van der Waals surface area contributed by atoms with Crippen molar-refractivity contribution in [3.63, 3.8) is 0 Å². The highest BCUT2D eigenvalue weighted by Crippen LogP contribution is 2.19. The lowest BCUT2D eigenvalue weighted by molar-refractivity contribution is 0.587. The normalized spacial score (nSPS) is 10.1. The third kappa shape index (κ3) is 1.52. The summed E-state index contributed by atoms with van der Waals surface area (Å²) < 4.78 is 13.2. The van der Waals surface area contributed by atoms with Gasteiger partial charge in [0.25, 0.3) is 0 Å². The van der Waals surface area contributed by atoms with E-state index in [0.29, 0.717) is 11.1 Å². The highest BCUT2D eigenvalue weighted by atomic mass is 19.1. The second-order valence-electron chi connectivity index (χ2n) is 2.67. The first kappa shape index (κ1) is 8.55. The van der Waals surface area contributed by atoms with Gasteiger partial charge in [-0.25, -0.2) is 15.0 Å². The molecular weight excluding hydrogens is 183 g/mol. The van der Waals surface area contributed by atoms with Crippen LogP contribution in [0, 0.1) is 5.95 Å². The predicted octanol–water partition coefficient (Wildman–Crippen LogP) is 1.26. The van der Waals surface area contributed by atoms with Crippen molar-refractivity contribution in [2.45, 2.75) is 0 Å². The molecule has 0 unspecified atom stereocenters. The van der Waals surface area contributed by atoms with Gasteiger partial charge in [0, 0.05) is 29.7 Å². The van der Waals surface area contributed by atoms with E-state index in [2.05, 4.69) is 15.0 Å². The van der Waals surface area contributed by atoms with Crippen molar-refractivity contribution in [2.75, 3.05) is 5.73 Å². The molecular formula is C9H7FN4. The van der Waals surface area contributed by atoms with Crippen molar-refractivity contribution < 1.29 is 4.39 Å². The van der Waals surface area contributed by atoms with Crippen LogP contribution in [-0.4, -0.2) is 15.0 Å². The molecule has 0 atom stereocenters. The molecule has 2 aromatic heterocycles. The smallest absolute Gasteiger partial charge is 0.220 e. The van der Waals surface area contributed by atoms with Crippen molar-refractivity contribution >= 4 is 5.95 Å². The van der Waals surface area contributed by atoms with Crippen LogP contribution >= 0.6 is 0 Å². The van der Waals surface area contributed by atoms with Gasteiger partial charge in [0.15, 0.2) is 0 Å². The summed E-state index contributed by atoms with van der Waals surface area (Å²) in [4.78, 5) is 11.1. The Kier molecular flexibility index (Phi) is 2.06. The average Bonchev–Trinajstić information content (AvgIpc) is 2.20. The van der Waals surface area contributed by atoms with Crippen LogP contribution in [0.2, 0.25) is 0 Å². The van der Waals surface area contributed by atoms with E-state index in [1.54, 1.807) is 12.1 Å². The molecule has 0 aliphatic carbocycles. The molecule has 0 fully saturated rings. The molecule has 5 heteroatoms. The van der Waals surface area contributed by atoms with Gasteiger partial charge in [-0.05, 0) is 12.1 Å². The molecule has 2 heterocycles. The molecule has 0 amide bonds. The Morgan fingerprint density at radius 3 is 2.50 bits per heavy atom. The molecule has 14 heavy (non-hydrogen) atoms. The van der Waals surface area contributed by atoms with Gasteiger partial charge < -0.3 is 5.73 Å². The number of rotatable bonds is 1. The first-order valence-electron chi connectivity index (χ1n) is 3.96. The summed E-state index contributed by atoms with van der Waals surface area (Å²) in [6.45, 7) is 0. The number of aromatic nitrogens is 3. The number of halogens is 1. The largest absolute Gasteiger partial charge is 0.368 e. The van der Waals surface area contributed by atoms with Crippen LogP contribution in [0.1, 0.15) is 0 Å². The maximum absolute atomic E-state index is 13.2. The van der Waals surface area contributed by atoms with E-state index >= 15 is 0 Å². The lowest BCUT2D eigenvalue weighted by atomic mass is 10.1. The lowest BCUT2D eigenvalue weighted by Gasteiger charge is -2.00. The van der Waals surface area contributed by atoms with Crippen LogP contribution in [-0.2, 0) is 0 Å².